The van der Waals surface area contributed by atoms with E-state index in [2.05, 4.69) is 21.1 Å². The van der Waals surface area contributed by atoms with Crippen molar-refractivity contribution >= 4 is 44.0 Å². The van der Waals surface area contributed by atoms with Gasteiger partial charge in [-0.1, -0.05) is 16.8 Å². The van der Waals surface area contributed by atoms with Crippen LogP contribution in [0, 0.1) is 0 Å². The van der Waals surface area contributed by atoms with Crippen LogP contribution in [-0.2, 0) is 16.5 Å². The molecule has 1 fully saturated rings. The zero-order chi connectivity index (χ0) is 15.9. The number of hydrogen-bond donors (Lipinski definition) is 1. The average molecular weight is 405 g/mol. The third-order valence-corrected chi connectivity index (χ3v) is 5.41. The van der Waals surface area contributed by atoms with Crippen LogP contribution in [0.2, 0.25) is 5.02 Å². The molecule has 1 heterocycles. The van der Waals surface area contributed by atoms with Gasteiger partial charge in [0.25, 0.3) is 0 Å². The topological polar surface area (TPSA) is 77.2 Å². The van der Waals surface area contributed by atoms with Crippen LogP contribution < -0.4 is 0 Å². The van der Waals surface area contributed by atoms with Gasteiger partial charge >= 0.3 is 0 Å². The highest BCUT2D eigenvalue weighted by Crippen LogP contribution is 2.42. The number of ketones is 1. The van der Waals surface area contributed by atoms with Gasteiger partial charge in [-0.2, -0.15) is 0 Å². The molecule has 0 bridgehead atoms. The van der Waals surface area contributed by atoms with Crippen LogP contribution in [0.25, 0.3) is 0 Å². The maximum atomic E-state index is 12.8. The van der Waals surface area contributed by atoms with Gasteiger partial charge in [-0.25, -0.2) is 8.42 Å². The van der Waals surface area contributed by atoms with Crippen molar-refractivity contribution in [2.75, 3.05) is 0 Å². The number of benzene rings is 1. The lowest BCUT2D eigenvalue weighted by Gasteiger charge is -2.09. The quantitative estimate of drug-likeness (QED) is 0.611. The van der Waals surface area contributed by atoms with Crippen LogP contribution in [0.5, 0.6) is 0 Å². The first-order valence-corrected chi connectivity index (χ1v) is 9.10. The molecule has 0 N–H and O–H groups in total. The van der Waals surface area contributed by atoms with Gasteiger partial charge in [0.05, 0.1) is 22.5 Å². The summed E-state index contributed by atoms with van der Waals surface area (Å²) in [6.45, 7) is 0. The number of thiol groups is 1. The molecule has 0 aliphatic heterocycles. The van der Waals surface area contributed by atoms with Gasteiger partial charge in [0.1, 0.15) is 10.7 Å². The molecule has 1 aliphatic rings. The molecule has 3 rings (SSSR count). The molecule has 0 spiro atoms. The Morgan fingerprint density at radius 1 is 1.36 bits per heavy atom. The fourth-order valence-corrected chi connectivity index (χ4v) is 3.58. The highest BCUT2D eigenvalue weighted by Gasteiger charge is 2.33. The summed E-state index contributed by atoms with van der Waals surface area (Å²) in [7, 11) is -2.71. The van der Waals surface area contributed by atoms with E-state index < -0.39 is 10.7 Å². The van der Waals surface area contributed by atoms with Gasteiger partial charge in [-0.15, -0.1) is 0 Å². The number of hydrogen-bond acceptors (Lipinski definition) is 5. The SMILES string of the molecule is O=C(c1cnoc1C1CC1)c1ccc(Br)c(Cl)c1C[SH](=O)=O. The Balaban J connectivity index is 2.08. The molecular weight excluding hydrogens is 394 g/mol. The standard InChI is InChI=1S/C14H11BrClNO4S/c15-11-4-3-8(10(12(11)16)6-22(19)20)13(18)9-5-17-21-14(9)7-1-2-7/h3-5,7,22H,1-2,6H2. The second-order valence-electron chi connectivity index (χ2n) is 5.09. The van der Waals surface area contributed by atoms with E-state index in [0.717, 1.165) is 12.8 Å². The summed E-state index contributed by atoms with van der Waals surface area (Å²) < 4.78 is 27.9. The fraction of sp³-hybridized carbons (Fsp3) is 0.286. The summed E-state index contributed by atoms with van der Waals surface area (Å²) in [5.74, 6) is 0.191. The van der Waals surface area contributed by atoms with E-state index in [9.17, 15) is 13.2 Å². The van der Waals surface area contributed by atoms with E-state index in [-0.39, 0.29) is 28.0 Å². The molecule has 8 heteroatoms. The Morgan fingerprint density at radius 2 is 2.09 bits per heavy atom. The normalized spacial score (nSPS) is 14.5. The van der Waals surface area contributed by atoms with E-state index in [4.69, 9.17) is 16.1 Å². The maximum absolute atomic E-state index is 12.8. The number of carbonyl (C=O) groups is 1. The Morgan fingerprint density at radius 3 is 2.73 bits per heavy atom. The minimum Gasteiger partial charge on any atom is -0.360 e. The monoisotopic (exact) mass is 403 g/mol. The van der Waals surface area contributed by atoms with E-state index in [1.807, 2.05) is 0 Å². The number of halogens is 2. The molecule has 1 aromatic heterocycles. The minimum atomic E-state index is -2.71. The van der Waals surface area contributed by atoms with Crippen LogP contribution >= 0.6 is 27.5 Å². The molecule has 116 valence electrons. The zero-order valence-electron chi connectivity index (χ0n) is 11.2. The van der Waals surface area contributed by atoms with Gasteiger partial charge < -0.3 is 4.52 Å². The molecule has 0 amide bonds. The Bertz CT molecular complexity index is 818. The molecule has 5 nitrogen and oxygen atoms in total. The minimum absolute atomic E-state index is 0.229. The molecule has 1 saturated carbocycles. The van der Waals surface area contributed by atoms with Crippen molar-refractivity contribution in [1.29, 1.82) is 0 Å². The molecule has 0 saturated heterocycles. The number of rotatable bonds is 5. The predicted octanol–water partition coefficient (Wildman–Crippen LogP) is 3.31. The molecule has 0 unspecified atom stereocenters. The first kappa shape index (κ1) is 15.7. The second kappa shape index (κ2) is 6.14. The predicted molar refractivity (Wildman–Crippen MR) is 85.1 cm³/mol. The molecule has 0 atom stereocenters. The molecule has 0 radical (unpaired) electrons. The first-order chi connectivity index (χ1) is 10.5. The van der Waals surface area contributed by atoms with E-state index in [0.29, 0.717) is 21.4 Å². The Kier molecular flexibility index (Phi) is 4.38. The van der Waals surface area contributed by atoms with Crippen molar-refractivity contribution < 1.29 is 17.7 Å². The van der Waals surface area contributed by atoms with Crippen LogP contribution in [0.4, 0.5) is 0 Å². The lowest BCUT2D eigenvalue weighted by molar-refractivity contribution is 0.103. The summed E-state index contributed by atoms with van der Waals surface area (Å²) in [5, 5.41) is 3.93. The van der Waals surface area contributed by atoms with Crippen LogP contribution in [-0.4, -0.2) is 19.4 Å². The number of aromatic nitrogens is 1. The first-order valence-electron chi connectivity index (χ1n) is 6.57. The van der Waals surface area contributed by atoms with Crippen molar-refractivity contribution in [2.24, 2.45) is 0 Å². The van der Waals surface area contributed by atoms with Crippen LogP contribution in [0.3, 0.4) is 0 Å². The second-order valence-corrected chi connectivity index (χ2v) is 7.30. The summed E-state index contributed by atoms with van der Waals surface area (Å²) >= 11 is 9.40. The highest BCUT2D eigenvalue weighted by molar-refractivity contribution is 9.10. The molecule has 1 aliphatic carbocycles. The number of carbonyl (C=O) groups excluding carboxylic acids is 1. The van der Waals surface area contributed by atoms with Crippen molar-refractivity contribution in [3.63, 3.8) is 0 Å². The maximum Gasteiger partial charge on any atom is 0.198 e. The van der Waals surface area contributed by atoms with Crippen LogP contribution in [0.1, 0.15) is 46.0 Å². The zero-order valence-corrected chi connectivity index (χ0v) is 14.5. The van der Waals surface area contributed by atoms with Crippen molar-refractivity contribution in [2.45, 2.75) is 24.5 Å². The van der Waals surface area contributed by atoms with Crippen molar-refractivity contribution in [3.8, 4) is 0 Å². The molecule has 22 heavy (non-hydrogen) atoms. The third kappa shape index (κ3) is 2.98. The van der Waals surface area contributed by atoms with Gasteiger partial charge in [0.15, 0.2) is 11.5 Å². The number of nitrogens with zero attached hydrogens (tertiary/aromatic N) is 1. The fourth-order valence-electron chi connectivity index (χ4n) is 2.29. The van der Waals surface area contributed by atoms with Crippen molar-refractivity contribution in [1.82, 2.24) is 5.16 Å². The van der Waals surface area contributed by atoms with E-state index in [1.54, 1.807) is 12.1 Å². The van der Waals surface area contributed by atoms with Gasteiger partial charge in [0, 0.05) is 16.0 Å². The van der Waals surface area contributed by atoms with Gasteiger partial charge in [0.2, 0.25) is 0 Å². The smallest absolute Gasteiger partial charge is 0.198 e. The lowest BCUT2D eigenvalue weighted by Crippen LogP contribution is -2.08. The van der Waals surface area contributed by atoms with Crippen molar-refractivity contribution in [3.05, 3.63) is 50.3 Å². The summed E-state index contributed by atoms with van der Waals surface area (Å²) in [4.78, 5) is 12.8. The Hall–Kier alpha value is -1.18. The van der Waals surface area contributed by atoms with Gasteiger partial charge in [-0.3, -0.25) is 4.79 Å². The average Bonchev–Trinajstić information content (AvgIpc) is 3.20. The molecular formula is C14H11BrClNO4S. The largest absolute Gasteiger partial charge is 0.360 e. The van der Waals surface area contributed by atoms with E-state index >= 15 is 0 Å². The van der Waals surface area contributed by atoms with Gasteiger partial charge in [-0.05, 0) is 46.5 Å². The third-order valence-electron chi connectivity index (χ3n) is 3.52. The molecule has 1 aromatic carbocycles. The summed E-state index contributed by atoms with van der Waals surface area (Å²) in [6.07, 6.45) is 3.32. The Labute approximate surface area is 141 Å². The van der Waals surface area contributed by atoms with E-state index in [1.165, 1.54) is 6.20 Å². The highest BCUT2D eigenvalue weighted by atomic mass is 79.9. The van der Waals surface area contributed by atoms with Crippen LogP contribution in [0.15, 0.2) is 27.3 Å². The summed E-state index contributed by atoms with van der Waals surface area (Å²) in [6, 6.07) is 3.19. The lowest BCUT2D eigenvalue weighted by atomic mass is 9.98. The molecule has 2 aromatic rings. The summed E-state index contributed by atoms with van der Waals surface area (Å²) in [5.41, 5.74) is 0.931.